The third-order valence-corrected chi connectivity index (χ3v) is 4.25. The average molecular weight is 452 g/mol. The molecule has 3 aromatic rings. The Labute approximate surface area is 154 Å². The Hall–Kier alpha value is -2.19. The highest BCUT2D eigenvalue weighted by Gasteiger charge is 2.19. The molecule has 0 aliphatic rings. The van der Waals surface area contributed by atoms with E-state index in [4.69, 9.17) is 10.5 Å². The summed E-state index contributed by atoms with van der Waals surface area (Å²) in [6, 6.07) is 13.3. The summed E-state index contributed by atoms with van der Waals surface area (Å²) in [4.78, 5) is 11.5. The van der Waals surface area contributed by atoms with Crippen LogP contribution in [0.1, 0.15) is 16.1 Å². The molecule has 0 aliphatic heterocycles. The van der Waals surface area contributed by atoms with Gasteiger partial charge in [-0.2, -0.15) is 15.4 Å². The van der Waals surface area contributed by atoms with Crippen molar-refractivity contribution < 1.29 is 9.53 Å². The summed E-state index contributed by atoms with van der Waals surface area (Å²) in [5, 5.41) is 10.3. The standard InChI is InChI=1S/C16H12Br2N4O2/c17-10-3-1-2-9(6-10)8-24-13-5-4-11(18)7-12(13)14-15(16(19)23)21-22-20-14/h1-7H,8H2,(H2,19,23)(H,20,21,22). The first kappa shape index (κ1) is 16.7. The van der Waals surface area contributed by atoms with Crippen LogP contribution in [0.5, 0.6) is 5.75 Å². The number of nitrogens with zero attached hydrogens (tertiary/aromatic N) is 2. The van der Waals surface area contributed by atoms with E-state index in [0.717, 1.165) is 14.5 Å². The summed E-state index contributed by atoms with van der Waals surface area (Å²) in [6.45, 7) is 0.373. The van der Waals surface area contributed by atoms with Crippen molar-refractivity contribution in [2.45, 2.75) is 6.61 Å². The molecule has 6 nitrogen and oxygen atoms in total. The Morgan fingerprint density at radius 2 is 1.92 bits per heavy atom. The lowest BCUT2D eigenvalue weighted by molar-refractivity contribution is 0.0996. The van der Waals surface area contributed by atoms with E-state index in [0.29, 0.717) is 23.6 Å². The lowest BCUT2D eigenvalue weighted by Crippen LogP contribution is -2.13. The minimum absolute atomic E-state index is 0.0698. The Bertz CT molecular complexity index is 895. The van der Waals surface area contributed by atoms with E-state index in [-0.39, 0.29) is 5.69 Å². The molecule has 8 heteroatoms. The molecule has 24 heavy (non-hydrogen) atoms. The predicted octanol–water partition coefficient (Wildman–Crippen LogP) is 3.67. The Morgan fingerprint density at radius 1 is 1.12 bits per heavy atom. The van der Waals surface area contributed by atoms with Gasteiger partial charge < -0.3 is 10.5 Å². The van der Waals surface area contributed by atoms with E-state index in [1.807, 2.05) is 30.3 Å². The predicted molar refractivity (Wildman–Crippen MR) is 96.5 cm³/mol. The number of carbonyl (C=O) groups excluding carboxylic acids is 1. The molecule has 0 atom stereocenters. The minimum Gasteiger partial charge on any atom is -0.488 e. The molecule has 0 unspecified atom stereocenters. The van der Waals surface area contributed by atoms with Crippen molar-refractivity contribution in [2.75, 3.05) is 0 Å². The summed E-state index contributed by atoms with van der Waals surface area (Å²) in [7, 11) is 0. The van der Waals surface area contributed by atoms with E-state index in [1.54, 1.807) is 12.1 Å². The number of aromatic nitrogens is 3. The van der Waals surface area contributed by atoms with Crippen LogP contribution in [0.4, 0.5) is 0 Å². The number of aromatic amines is 1. The molecule has 1 aromatic heterocycles. The maximum atomic E-state index is 11.5. The molecule has 1 heterocycles. The van der Waals surface area contributed by atoms with Gasteiger partial charge in [0.15, 0.2) is 5.69 Å². The molecule has 0 bridgehead atoms. The number of hydrogen-bond acceptors (Lipinski definition) is 4. The summed E-state index contributed by atoms with van der Waals surface area (Å²) in [6.07, 6.45) is 0. The second-order valence-electron chi connectivity index (χ2n) is 4.94. The van der Waals surface area contributed by atoms with E-state index < -0.39 is 5.91 Å². The molecule has 2 aromatic carbocycles. The number of nitrogens with one attached hydrogen (secondary N) is 1. The smallest absolute Gasteiger partial charge is 0.271 e. The lowest BCUT2D eigenvalue weighted by atomic mass is 10.1. The van der Waals surface area contributed by atoms with Crippen LogP contribution in [0.15, 0.2) is 51.4 Å². The Kier molecular flexibility index (Phi) is 4.96. The molecular weight excluding hydrogens is 440 g/mol. The second-order valence-corrected chi connectivity index (χ2v) is 6.78. The van der Waals surface area contributed by atoms with Crippen molar-refractivity contribution in [2.24, 2.45) is 5.73 Å². The number of rotatable bonds is 5. The monoisotopic (exact) mass is 450 g/mol. The van der Waals surface area contributed by atoms with Crippen LogP contribution in [0.3, 0.4) is 0 Å². The fourth-order valence-electron chi connectivity index (χ4n) is 2.19. The third kappa shape index (κ3) is 3.65. The Morgan fingerprint density at radius 3 is 2.67 bits per heavy atom. The summed E-state index contributed by atoms with van der Waals surface area (Å²) in [5.74, 6) is -0.0776. The third-order valence-electron chi connectivity index (χ3n) is 3.26. The van der Waals surface area contributed by atoms with Gasteiger partial charge in [0, 0.05) is 14.5 Å². The number of amides is 1. The Balaban J connectivity index is 1.94. The highest BCUT2D eigenvalue weighted by molar-refractivity contribution is 9.10. The SMILES string of the molecule is NC(=O)c1n[nH]nc1-c1cc(Br)ccc1OCc1cccc(Br)c1. The van der Waals surface area contributed by atoms with Crippen molar-refractivity contribution in [1.29, 1.82) is 0 Å². The molecule has 1 amide bonds. The van der Waals surface area contributed by atoms with Gasteiger partial charge >= 0.3 is 0 Å². The molecule has 3 rings (SSSR count). The van der Waals surface area contributed by atoms with Crippen molar-refractivity contribution in [3.63, 3.8) is 0 Å². The molecular formula is C16H12Br2N4O2. The summed E-state index contributed by atoms with van der Waals surface area (Å²) < 4.78 is 7.72. The molecule has 0 fully saturated rings. The van der Waals surface area contributed by atoms with E-state index in [9.17, 15) is 4.79 Å². The van der Waals surface area contributed by atoms with Gasteiger partial charge in [0.2, 0.25) is 0 Å². The first-order chi connectivity index (χ1) is 11.5. The largest absolute Gasteiger partial charge is 0.488 e. The van der Waals surface area contributed by atoms with Gasteiger partial charge in [0.05, 0.1) is 0 Å². The van der Waals surface area contributed by atoms with Crippen LogP contribution in [0.25, 0.3) is 11.3 Å². The molecule has 0 spiro atoms. The topological polar surface area (TPSA) is 93.9 Å². The van der Waals surface area contributed by atoms with Crippen LogP contribution < -0.4 is 10.5 Å². The van der Waals surface area contributed by atoms with Gasteiger partial charge in [-0.05, 0) is 35.9 Å². The van der Waals surface area contributed by atoms with E-state index >= 15 is 0 Å². The molecule has 0 saturated carbocycles. The fraction of sp³-hybridized carbons (Fsp3) is 0.0625. The van der Waals surface area contributed by atoms with Crippen LogP contribution >= 0.6 is 31.9 Å². The van der Waals surface area contributed by atoms with Gasteiger partial charge in [-0.3, -0.25) is 4.79 Å². The van der Waals surface area contributed by atoms with Gasteiger partial charge in [0.1, 0.15) is 18.1 Å². The zero-order valence-electron chi connectivity index (χ0n) is 12.3. The quantitative estimate of drug-likeness (QED) is 0.618. The van der Waals surface area contributed by atoms with Gasteiger partial charge in [-0.1, -0.05) is 44.0 Å². The lowest BCUT2D eigenvalue weighted by Gasteiger charge is -2.11. The molecule has 0 radical (unpaired) electrons. The first-order valence-electron chi connectivity index (χ1n) is 6.92. The van der Waals surface area contributed by atoms with E-state index in [2.05, 4.69) is 47.3 Å². The minimum atomic E-state index is -0.656. The van der Waals surface area contributed by atoms with Crippen LogP contribution in [0, 0.1) is 0 Å². The normalized spacial score (nSPS) is 10.6. The van der Waals surface area contributed by atoms with Crippen molar-refractivity contribution in [1.82, 2.24) is 15.4 Å². The zero-order valence-corrected chi connectivity index (χ0v) is 15.5. The van der Waals surface area contributed by atoms with Crippen molar-refractivity contribution in [3.05, 3.63) is 62.7 Å². The van der Waals surface area contributed by atoms with E-state index in [1.165, 1.54) is 0 Å². The number of hydrogen-bond donors (Lipinski definition) is 2. The number of nitrogens with two attached hydrogens (primary N) is 1. The highest BCUT2D eigenvalue weighted by atomic mass is 79.9. The maximum Gasteiger partial charge on any atom is 0.271 e. The number of ether oxygens (including phenoxy) is 1. The highest BCUT2D eigenvalue weighted by Crippen LogP contribution is 2.33. The summed E-state index contributed by atoms with van der Waals surface area (Å²) >= 11 is 6.85. The van der Waals surface area contributed by atoms with Gasteiger partial charge in [0.25, 0.3) is 5.91 Å². The first-order valence-corrected chi connectivity index (χ1v) is 8.51. The number of H-pyrrole nitrogens is 1. The molecule has 3 N–H and O–H groups in total. The van der Waals surface area contributed by atoms with Crippen molar-refractivity contribution >= 4 is 37.8 Å². The van der Waals surface area contributed by atoms with Crippen LogP contribution in [-0.2, 0) is 6.61 Å². The average Bonchev–Trinajstić information content (AvgIpc) is 3.03. The fourth-order valence-corrected chi connectivity index (χ4v) is 3.00. The second kappa shape index (κ2) is 7.14. The zero-order chi connectivity index (χ0) is 17.1. The number of carbonyl (C=O) groups is 1. The maximum absolute atomic E-state index is 11.5. The van der Waals surface area contributed by atoms with Gasteiger partial charge in [-0.25, -0.2) is 0 Å². The van der Waals surface area contributed by atoms with Crippen LogP contribution in [0.2, 0.25) is 0 Å². The van der Waals surface area contributed by atoms with Gasteiger partial charge in [-0.15, -0.1) is 0 Å². The number of benzene rings is 2. The van der Waals surface area contributed by atoms with Crippen LogP contribution in [-0.4, -0.2) is 21.3 Å². The van der Waals surface area contributed by atoms with Crippen molar-refractivity contribution in [3.8, 4) is 17.0 Å². The molecule has 0 aliphatic carbocycles. The number of primary amides is 1. The molecule has 0 saturated heterocycles. The molecule has 122 valence electrons. The summed E-state index contributed by atoms with van der Waals surface area (Å²) in [5.41, 5.74) is 7.41. The number of halogens is 2.